The van der Waals surface area contributed by atoms with Crippen molar-refractivity contribution in [2.75, 3.05) is 0 Å². The van der Waals surface area contributed by atoms with Crippen molar-refractivity contribution in [3.8, 4) is 0 Å². The molecule has 1 aromatic heterocycles. The Labute approximate surface area is 96.5 Å². The van der Waals surface area contributed by atoms with Crippen LogP contribution in [0.3, 0.4) is 0 Å². The number of hydrogen-bond acceptors (Lipinski definition) is 3. The van der Waals surface area contributed by atoms with Gasteiger partial charge in [-0.15, -0.1) is 0 Å². The highest BCUT2D eigenvalue weighted by Crippen LogP contribution is 2.52. The first-order chi connectivity index (χ1) is 7.76. The summed E-state index contributed by atoms with van der Waals surface area (Å²) in [6, 6.07) is 2.00. The predicted octanol–water partition coefficient (Wildman–Crippen LogP) is 2.15. The first kappa shape index (κ1) is 10.2. The van der Waals surface area contributed by atoms with Crippen LogP contribution in [0, 0.1) is 18.8 Å². The van der Waals surface area contributed by atoms with Crippen molar-refractivity contribution in [2.24, 2.45) is 17.6 Å². The normalized spacial score (nSPS) is 32.2. The van der Waals surface area contributed by atoms with Crippen molar-refractivity contribution in [3.05, 3.63) is 23.3 Å². The van der Waals surface area contributed by atoms with Gasteiger partial charge < -0.3 is 5.73 Å². The molecule has 0 aromatic carbocycles. The van der Waals surface area contributed by atoms with Crippen molar-refractivity contribution in [1.29, 1.82) is 0 Å². The second kappa shape index (κ2) is 3.81. The Balaban J connectivity index is 1.91. The van der Waals surface area contributed by atoms with Gasteiger partial charge in [-0.05, 0) is 44.1 Å². The fourth-order valence-corrected chi connectivity index (χ4v) is 3.49. The topological polar surface area (TPSA) is 51.8 Å². The molecule has 3 unspecified atom stereocenters. The third kappa shape index (κ3) is 1.63. The van der Waals surface area contributed by atoms with Gasteiger partial charge in [0, 0.05) is 18.2 Å². The first-order valence-corrected chi connectivity index (χ1v) is 6.31. The number of aromatic nitrogens is 2. The molecule has 16 heavy (non-hydrogen) atoms. The molecule has 3 atom stereocenters. The van der Waals surface area contributed by atoms with E-state index in [4.69, 9.17) is 5.73 Å². The van der Waals surface area contributed by atoms with Crippen molar-refractivity contribution in [3.63, 3.8) is 0 Å². The van der Waals surface area contributed by atoms with Crippen molar-refractivity contribution in [2.45, 2.75) is 45.1 Å². The average Bonchev–Trinajstić information content (AvgIpc) is 2.89. The van der Waals surface area contributed by atoms with Gasteiger partial charge in [0.2, 0.25) is 0 Å². The van der Waals surface area contributed by atoms with Gasteiger partial charge in [0.15, 0.2) is 0 Å². The Morgan fingerprint density at radius 2 is 2.19 bits per heavy atom. The third-order valence-electron chi connectivity index (χ3n) is 4.20. The molecule has 1 aromatic rings. The molecule has 0 amide bonds. The Bertz CT molecular complexity index is 402. The van der Waals surface area contributed by atoms with Crippen LogP contribution in [0.1, 0.15) is 48.8 Å². The lowest BCUT2D eigenvalue weighted by Gasteiger charge is -2.20. The largest absolute Gasteiger partial charge is 0.325 e. The van der Waals surface area contributed by atoms with E-state index in [0.29, 0.717) is 12.5 Å². The molecule has 0 radical (unpaired) electrons. The van der Waals surface area contributed by atoms with Crippen molar-refractivity contribution in [1.82, 2.24) is 9.97 Å². The fourth-order valence-electron chi connectivity index (χ4n) is 3.49. The van der Waals surface area contributed by atoms with Crippen LogP contribution in [-0.4, -0.2) is 9.97 Å². The molecule has 2 bridgehead atoms. The monoisotopic (exact) mass is 217 g/mol. The number of hydrogen-bond donors (Lipinski definition) is 1. The molecule has 2 aliphatic carbocycles. The van der Waals surface area contributed by atoms with Gasteiger partial charge >= 0.3 is 0 Å². The Morgan fingerprint density at radius 1 is 1.31 bits per heavy atom. The van der Waals surface area contributed by atoms with E-state index in [2.05, 4.69) is 9.97 Å². The van der Waals surface area contributed by atoms with Gasteiger partial charge in [-0.2, -0.15) is 0 Å². The molecule has 3 heteroatoms. The number of nitrogens with zero attached hydrogens (tertiary/aromatic N) is 2. The summed E-state index contributed by atoms with van der Waals surface area (Å²) in [5, 5.41) is 0. The molecule has 2 fully saturated rings. The van der Waals surface area contributed by atoms with Crippen molar-refractivity contribution >= 4 is 0 Å². The number of rotatable bonds is 2. The van der Waals surface area contributed by atoms with E-state index in [0.717, 1.165) is 29.0 Å². The zero-order chi connectivity index (χ0) is 11.1. The minimum atomic E-state index is 0.525. The zero-order valence-electron chi connectivity index (χ0n) is 9.82. The summed E-state index contributed by atoms with van der Waals surface area (Å²) >= 11 is 0. The van der Waals surface area contributed by atoms with Gasteiger partial charge in [0.25, 0.3) is 0 Å². The summed E-state index contributed by atoms with van der Waals surface area (Å²) in [4.78, 5) is 9.23. The van der Waals surface area contributed by atoms with Crippen LogP contribution in [0.25, 0.3) is 0 Å². The van der Waals surface area contributed by atoms with Crippen LogP contribution >= 0.6 is 0 Å². The maximum atomic E-state index is 5.67. The molecule has 2 saturated carbocycles. The summed E-state index contributed by atoms with van der Waals surface area (Å²) < 4.78 is 0. The Hall–Kier alpha value is -0.960. The van der Waals surface area contributed by atoms with E-state index >= 15 is 0 Å². The van der Waals surface area contributed by atoms with Gasteiger partial charge in [-0.3, -0.25) is 0 Å². The van der Waals surface area contributed by atoms with E-state index in [-0.39, 0.29) is 0 Å². The first-order valence-electron chi connectivity index (χ1n) is 6.31. The smallest absolute Gasteiger partial charge is 0.132 e. The van der Waals surface area contributed by atoms with Crippen LogP contribution in [0.2, 0.25) is 0 Å². The highest BCUT2D eigenvalue weighted by Gasteiger charge is 2.41. The number of nitrogens with two attached hydrogens (primary N) is 1. The molecular formula is C13H19N3. The second-order valence-electron chi connectivity index (χ2n) is 5.34. The summed E-state index contributed by atoms with van der Waals surface area (Å²) in [5.41, 5.74) is 7.73. The second-order valence-corrected chi connectivity index (χ2v) is 5.34. The summed E-state index contributed by atoms with van der Waals surface area (Å²) in [5.74, 6) is 3.47. The highest BCUT2D eigenvalue weighted by atomic mass is 14.9. The van der Waals surface area contributed by atoms with Gasteiger partial charge in [0.05, 0.1) is 5.69 Å². The average molecular weight is 217 g/mol. The number of fused-ring (bicyclic) bond motifs is 2. The lowest BCUT2D eigenvalue weighted by Crippen LogP contribution is -2.14. The van der Waals surface area contributed by atoms with Crippen LogP contribution in [0.4, 0.5) is 0 Å². The molecule has 0 aliphatic heterocycles. The summed E-state index contributed by atoms with van der Waals surface area (Å²) in [7, 11) is 0. The Morgan fingerprint density at radius 3 is 2.81 bits per heavy atom. The summed E-state index contributed by atoms with van der Waals surface area (Å²) in [6.45, 7) is 2.56. The van der Waals surface area contributed by atoms with Gasteiger partial charge in [-0.25, -0.2) is 9.97 Å². The molecule has 86 valence electrons. The summed E-state index contributed by atoms with van der Waals surface area (Å²) in [6.07, 6.45) is 5.51. The van der Waals surface area contributed by atoms with Crippen LogP contribution < -0.4 is 5.73 Å². The lowest BCUT2D eigenvalue weighted by molar-refractivity contribution is 0.404. The zero-order valence-corrected chi connectivity index (χ0v) is 9.82. The third-order valence-corrected chi connectivity index (χ3v) is 4.20. The number of aryl methyl sites for hydroxylation is 1. The minimum absolute atomic E-state index is 0.525. The molecule has 0 saturated heterocycles. The lowest BCUT2D eigenvalue weighted by atomic mass is 9.88. The molecule has 3 rings (SSSR count). The SMILES string of the molecule is Cc1cc(CN)nc(C2CC3CCC2C3)n1. The molecule has 2 aliphatic rings. The van der Waals surface area contributed by atoms with Gasteiger partial charge in [-0.1, -0.05) is 6.42 Å². The maximum absolute atomic E-state index is 5.67. The standard InChI is InChI=1S/C13H19N3/c1-8-4-11(7-14)16-13(15-8)12-6-9-2-3-10(12)5-9/h4,9-10,12H,2-3,5-7,14H2,1H3. The molecule has 2 N–H and O–H groups in total. The highest BCUT2D eigenvalue weighted by molar-refractivity contribution is 5.15. The van der Waals surface area contributed by atoms with E-state index in [9.17, 15) is 0 Å². The molecule has 3 nitrogen and oxygen atoms in total. The van der Waals surface area contributed by atoms with Gasteiger partial charge in [0.1, 0.15) is 5.82 Å². The molecule has 0 spiro atoms. The molecular weight excluding hydrogens is 198 g/mol. The van der Waals surface area contributed by atoms with Crippen molar-refractivity contribution < 1.29 is 0 Å². The van der Waals surface area contributed by atoms with Crippen LogP contribution in [-0.2, 0) is 6.54 Å². The maximum Gasteiger partial charge on any atom is 0.132 e. The van der Waals surface area contributed by atoms with E-state index in [1.54, 1.807) is 0 Å². The van der Waals surface area contributed by atoms with Crippen LogP contribution in [0.15, 0.2) is 6.07 Å². The van der Waals surface area contributed by atoms with Crippen LogP contribution in [0.5, 0.6) is 0 Å². The van der Waals surface area contributed by atoms with E-state index in [1.807, 2.05) is 13.0 Å². The quantitative estimate of drug-likeness (QED) is 0.825. The van der Waals surface area contributed by atoms with E-state index < -0.39 is 0 Å². The minimum Gasteiger partial charge on any atom is -0.325 e. The van der Waals surface area contributed by atoms with E-state index in [1.165, 1.54) is 25.7 Å². The predicted molar refractivity (Wildman–Crippen MR) is 62.8 cm³/mol. The Kier molecular flexibility index (Phi) is 2.43. The fraction of sp³-hybridized carbons (Fsp3) is 0.692. The molecule has 1 heterocycles.